The Kier molecular flexibility index (Phi) is 7.56. The van der Waals surface area contributed by atoms with E-state index in [9.17, 15) is 13.2 Å². The van der Waals surface area contributed by atoms with Crippen molar-refractivity contribution in [1.82, 2.24) is 4.98 Å². The Labute approximate surface area is 191 Å². The molecule has 1 heterocycles. The molecule has 5 nitrogen and oxygen atoms in total. The first kappa shape index (κ1) is 24.5. The zero-order valence-corrected chi connectivity index (χ0v) is 19.5. The molecular weight excluding hydrogens is 433 g/mol. The number of benzene rings is 2. The van der Waals surface area contributed by atoms with Crippen molar-refractivity contribution in [3.05, 3.63) is 47.5 Å². The quantitative estimate of drug-likeness (QED) is 0.360. The Morgan fingerprint density at radius 3 is 2.48 bits per heavy atom. The summed E-state index contributed by atoms with van der Waals surface area (Å²) >= 11 is 0. The molecule has 33 heavy (non-hydrogen) atoms. The molecule has 8 heteroatoms. The third-order valence-electron chi connectivity index (χ3n) is 5.38. The first-order chi connectivity index (χ1) is 15.7. The minimum atomic E-state index is -4.47. The average Bonchev–Trinajstić information content (AvgIpc) is 2.78. The molecule has 0 saturated carbocycles. The van der Waals surface area contributed by atoms with E-state index in [0.29, 0.717) is 28.3 Å². The van der Waals surface area contributed by atoms with Crippen LogP contribution in [0.2, 0.25) is 0 Å². The summed E-state index contributed by atoms with van der Waals surface area (Å²) in [6, 6.07) is 8.46. The molecule has 0 saturated heterocycles. The fourth-order valence-electron chi connectivity index (χ4n) is 3.68. The van der Waals surface area contributed by atoms with E-state index in [0.717, 1.165) is 42.6 Å². The van der Waals surface area contributed by atoms with Crippen LogP contribution < -0.4 is 19.5 Å². The van der Waals surface area contributed by atoms with Crippen LogP contribution in [0.3, 0.4) is 0 Å². The van der Waals surface area contributed by atoms with Crippen molar-refractivity contribution in [2.45, 2.75) is 52.3 Å². The highest BCUT2D eigenvalue weighted by Crippen LogP contribution is 2.45. The summed E-state index contributed by atoms with van der Waals surface area (Å²) in [7, 11) is 3.03. The van der Waals surface area contributed by atoms with Crippen LogP contribution in [0, 0.1) is 6.92 Å². The van der Waals surface area contributed by atoms with Crippen LogP contribution in [0.15, 0.2) is 36.4 Å². The number of fused-ring (bicyclic) bond motifs is 1. The number of nitrogens with zero attached hydrogens (tertiary/aromatic N) is 1. The van der Waals surface area contributed by atoms with Gasteiger partial charge in [0.1, 0.15) is 11.3 Å². The van der Waals surface area contributed by atoms with Gasteiger partial charge in [-0.25, -0.2) is 4.98 Å². The lowest BCUT2D eigenvalue weighted by atomic mass is 10.1. The molecule has 0 aliphatic heterocycles. The number of methoxy groups -OCH3 is 2. The second kappa shape index (κ2) is 10.2. The molecule has 1 atom stereocenters. The molecule has 3 aromatic rings. The first-order valence-electron chi connectivity index (χ1n) is 10.9. The van der Waals surface area contributed by atoms with E-state index >= 15 is 0 Å². The molecule has 0 radical (unpaired) electrons. The third-order valence-corrected chi connectivity index (χ3v) is 5.38. The molecule has 2 aromatic carbocycles. The van der Waals surface area contributed by atoms with Gasteiger partial charge in [-0.2, -0.15) is 13.2 Å². The van der Waals surface area contributed by atoms with Crippen LogP contribution in [-0.4, -0.2) is 25.2 Å². The van der Waals surface area contributed by atoms with Gasteiger partial charge in [-0.15, -0.1) is 0 Å². The van der Waals surface area contributed by atoms with E-state index < -0.39 is 11.7 Å². The summed E-state index contributed by atoms with van der Waals surface area (Å²) in [4.78, 5) is 4.62. The minimum Gasteiger partial charge on any atom is -0.493 e. The number of aryl methyl sites for hydroxylation is 1. The largest absolute Gasteiger partial charge is 0.493 e. The van der Waals surface area contributed by atoms with Gasteiger partial charge in [0.15, 0.2) is 11.5 Å². The molecule has 3 rings (SSSR count). The fourth-order valence-corrected chi connectivity index (χ4v) is 3.68. The number of anilines is 1. The van der Waals surface area contributed by atoms with Crippen molar-refractivity contribution in [3.8, 4) is 23.1 Å². The van der Waals surface area contributed by atoms with Crippen molar-refractivity contribution < 1.29 is 27.4 Å². The van der Waals surface area contributed by atoms with Crippen LogP contribution in [0.25, 0.3) is 10.9 Å². The van der Waals surface area contributed by atoms with Crippen LogP contribution in [-0.2, 0) is 6.18 Å². The summed E-state index contributed by atoms with van der Waals surface area (Å²) in [5.74, 6) is 1.17. The van der Waals surface area contributed by atoms with Crippen LogP contribution >= 0.6 is 0 Å². The van der Waals surface area contributed by atoms with Crippen molar-refractivity contribution in [2.24, 2.45) is 0 Å². The number of pyridine rings is 1. The topological polar surface area (TPSA) is 52.6 Å². The number of alkyl halides is 3. The van der Waals surface area contributed by atoms with Crippen LogP contribution in [0.1, 0.15) is 44.2 Å². The van der Waals surface area contributed by atoms with Gasteiger partial charge < -0.3 is 19.5 Å². The van der Waals surface area contributed by atoms with Crippen molar-refractivity contribution >= 4 is 16.6 Å². The monoisotopic (exact) mass is 462 g/mol. The minimum absolute atomic E-state index is 0.0525. The smallest absolute Gasteiger partial charge is 0.416 e. The van der Waals surface area contributed by atoms with Gasteiger partial charge in [0, 0.05) is 18.2 Å². The summed E-state index contributed by atoms with van der Waals surface area (Å²) < 4.78 is 56.6. The molecule has 0 amide bonds. The van der Waals surface area contributed by atoms with Gasteiger partial charge in [0.25, 0.3) is 0 Å². The zero-order chi connectivity index (χ0) is 24.2. The normalized spacial score (nSPS) is 12.5. The second-order valence-electron chi connectivity index (χ2n) is 7.98. The Balaban J connectivity index is 2.16. The Bertz CT molecular complexity index is 1120. The lowest BCUT2D eigenvalue weighted by Gasteiger charge is -2.21. The molecule has 0 fully saturated rings. The summed E-state index contributed by atoms with van der Waals surface area (Å²) in [5.41, 5.74) is 1.34. The summed E-state index contributed by atoms with van der Waals surface area (Å²) in [6.07, 6.45) is -1.33. The number of aromatic nitrogens is 1. The third kappa shape index (κ3) is 5.61. The standard InChI is InChI=1S/C25H29F3N2O3/c1-6-7-9-16(3)29-19-14-20(31-4)24(22-15(2)12-21(32-5)30-23(19)22)33-18-11-8-10-17(13-18)25(26,27)28/h8,10-14,16,29H,6-7,9H2,1-5H3. The van der Waals surface area contributed by atoms with Gasteiger partial charge in [0.05, 0.1) is 30.9 Å². The Morgan fingerprint density at radius 2 is 1.85 bits per heavy atom. The lowest BCUT2D eigenvalue weighted by molar-refractivity contribution is -0.137. The molecular formula is C25H29F3N2O3. The van der Waals surface area contributed by atoms with Crippen molar-refractivity contribution in [3.63, 3.8) is 0 Å². The van der Waals surface area contributed by atoms with E-state index in [1.807, 2.05) is 6.92 Å². The molecule has 0 aliphatic rings. The number of hydrogen-bond acceptors (Lipinski definition) is 5. The molecule has 0 aliphatic carbocycles. The van der Waals surface area contributed by atoms with E-state index in [1.54, 1.807) is 12.1 Å². The first-order valence-corrected chi connectivity index (χ1v) is 10.9. The molecule has 0 spiro atoms. The maximum absolute atomic E-state index is 13.2. The number of nitrogens with one attached hydrogen (secondary N) is 1. The summed E-state index contributed by atoms with van der Waals surface area (Å²) in [5, 5.41) is 4.13. The molecule has 1 N–H and O–H groups in total. The van der Waals surface area contributed by atoms with E-state index in [-0.39, 0.29) is 11.8 Å². The van der Waals surface area contributed by atoms with Gasteiger partial charge >= 0.3 is 6.18 Å². The average molecular weight is 463 g/mol. The van der Waals surface area contributed by atoms with Gasteiger partial charge in [-0.3, -0.25) is 0 Å². The number of unbranched alkanes of at least 4 members (excludes halogenated alkanes) is 1. The predicted molar refractivity (Wildman–Crippen MR) is 124 cm³/mol. The van der Waals surface area contributed by atoms with Gasteiger partial charge in [-0.1, -0.05) is 25.8 Å². The SMILES string of the molecule is CCCCC(C)Nc1cc(OC)c(Oc2cccc(C(F)(F)F)c2)c2c(C)cc(OC)nc12. The van der Waals surface area contributed by atoms with Crippen molar-refractivity contribution in [1.29, 1.82) is 0 Å². The van der Waals surface area contributed by atoms with Gasteiger partial charge in [-0.05, 0) is 44.0 Å². The Morgan fingerprint density at radius 1 is 1.09 bits per heavy atom. The number of rotatable bonds is 9. The van der Waals surface area contributed by atoms with Gasteiger partial charge in [0.2, 0.25) is 5.88 Å². The van der Waals surface area contributed by atoms with Crippen LogP contribution in [0.5, 0.6) is 23.1 Å². The molecule has 1 unspecified atom stereocenters. The Hall–Kier alpha value is -3.16. The lowest BCUT2D eigenvalue weighted by Crippen LogP contribution is -2.15. The highest BCUT2D eigenvalue weighted by atomic mass is 19.4. The number of hydrogen-bond donors (Lipinski definition) is 1. The van der Waals surface area contributed by atoms with E-state index in [2.05, 4.69) is 24.1 Å². The number of ether oxygens (including phenoxy) is 3. The number of halogens is 3. The second-order valence-corrected chi connectivity index (χ2v) is 7.98. The fraction of sp³-hybridized carbons (Fsp3) is 0.400. The molecule has 178 valence electrons. The van der Waals surface area contributed by atoms with E-state index in [1.165, 1.54) is 26.4 Å². The van der Waals surface area contributed by atoms with Crippen molar-refractivity contribution in [2.75, 3.05) is 19.5 Å². The maximum atomic E-state index is 13.2. The van der Waals surface area contributed by atoms with E-state index in [4.69, 9.17) is 14.2 Å². The summed E-state index contributed by atoms with van der Waals surface area (Å²) in [6.45, 7) is 6.10. The molecule has 1 aromatic heterocycles. The molecule has 0 bridgehead atoms. The maximum Gasteiger partial charge on any atom is 0.416 e. The predicted octanol–water partition coefficient (Wildman–Crippen LogP) is 7.36. The highest BCUT2D eigenvalue weighted by molar-refractivity contribution is 6.00. The zero-order valence-electron chi connectivity index (χ0n) is 19.5. The van der Waals surface area contributed by atoms with Crippen LogP contribution in [0.4, 0.5) is 18.9 Å². The highest BCUT2D eigenvalue weighted by Gasteiger charge is 2.31.